The van der Waals surface area contributed by atoms with Crippen molar-refractivity contribution in [1.29, 1.82) is 0 Å². The van der Waals surface area contributed by atoms with Gasteiger partial charge in [-0.25, -0.2) is 0 Å². The van der Waals surface area contributed by atoms with Crippen LogP contribution in [0.2, 0.25) is 4.82 Å². The molecule has 0 aromatic heterocycles. The molecule has 1 heterocycles. The molecule has 154 valence electrons. The van der Waals surface area contributed by atoms with Crippen LogP contribution in [0.3, 0.4) is 0 Å². The van der Waals surface area contributed by atoms with Gasteiger partial charge in [-0.1, -0.05) is 0 Å². The number of sulfonamides is 1. The van der Waals surface area contributed by atoms with Crippen LogP contribution in [0, 0.1) is 0 Å². The molecule has 4 nitrogen and oxygen atoms in total. The Kier molecular flexibility index (Phi) is 5.39. The monoisotopic (exact) mass is 477 g/mol. The van der Waals surface area contributed by atoms with Crippen LogP contribution in [-0.4, -0.2) is 39.6 Å². The minimum absolute atomic E-state index is 0.112. The Bertz CT molecular complexity index is 1020. The van der Waals surface area contributed by atoms with Gasteiger partial charge in [0.1, 0.15) is 0 Å². The van der Waals surface area contributed by atoms with E-state index < -0.39 is 10.0 Å². The van der Waals surface area contributed by atoms with E-state index in [1.807, 2.05) is 0 Å². The number of carbonyl (C=O) groups is 1. The average Bonchev–Trinajstić information content (AvgIpc) is 2.88. The number of amides is 1. The molecular weight excluding hydrogens is 449 g/mol. The van der Waals surface area contributed by atoms with Gasteiger partial charge in [0.15, 0.2) is 0 Å². The summed E-state index contributed by atoms with van der Waals surface area (Å²) in [5.41, 5.74) is 1.73. The molecule has 0 saturated heterocycles. The molecule has 0 spiro atoms. The van der Waals surface area contributed by atoms with Gasteiger partial charge in [-0.3, -0.25) is 0 Å². The molecule has 0 bridgehead atoms. The van der Waals surface area contributed by atoms with Gasteiger partial charge in [0.25, 0.3) is 0 Å². The summed E-state index contributed by atoms with van der Waals surface area (Å²) < 4.78 is 28.8. The van der Waals surface area contributed by atoms with Gasteiger partial charge in [0.05, 0.1) is 0 Å². The number of nitrogens with zero attached hydrogens (tertiary/aromatic N) is 1. The first-order valence-corrected chi connectivity index (χ1v) is 13.4. The van der Waals surface area contributed by atoms with E-state index in [4.69, 9.17) is 0 Å². The van der Waals surface area contributed by atoms with Crippen molar-refractivity contribution < 1.29 is 13.2 Å². The summed E-state index contributed by atoms with van der Waals surface area (Å²) in [6.45, 7) is 6.60. The Morgan fingerprint density at radius 2 is 1.62 bits per heavy atom. The van der Waals surface area contributed by atoms with Crippen LogP contribution in [0.1, 0.15) is 62.4 Å². The number of rotatable bonds is 3. The number of fused-ring (bicyclic) bond motifs is 1. The first-order valence-electron chi connectivity index (χ1n) is 10.1. The molecule has 2 aromatic carbocycles. The van der Waals surface area contributed by atoms with E-state index in [1.165, 1.54) is 14.3 Å². The zero-order valence-corrected chi connectivity index (χ0v) is 19.6. The predicted molar refractivity (Wildman–Crippen MR) is 116 cm³/mol. The van der Waals surface area contributed by atoms with Crippen molar-refractivity contribution in [3.63, 3.8) is 0 Å². The Hall–Kier alpha value is -1.62. The Balaban J connectivity index is 1.61. The third-order valence-electron chi connectivity index (χ3n) is 5.83. The van der Waals surface area contributed by atoms with E-state index in [2.05, 4.69) is 45.0 Å². The molecule has 4 rings (SSSR count). The van der Waals surface area contributed by atoms with Crippen LogP contribution in [0.4, 0.5) is 0 Å². The van der Waals surface area contributed by atoms with Crippen molar-refractivity contribution in [1.82, 2.24) is 4.31 Å². The van der Waals surface area contributed by atoms with E-state index in [-0.39, 0.29) is 42.0 Å². The molecule has 2 atom stereocenters. The van der Waals surface area contributed by atoms with E-state index in [1.54, 1.807) is 24.3 Å². The van der Waals surface area contributed by atoms with Crippen molar-refractivity contribution in [2.75, 3.05) is 0 Å². The SMILES string of the molecule is CC(C)(C)c1ccc([Se]C2CCCCC2N2C(=O)c3ccccc3S2(=O)=O)cc1. The molecule has 1 aliphatic heterocycles. The summed E-state index contributed by atoms with van der Waals surface area (Å²) in [5.74, 6) is -0.351. The number of hydrogen-bond donors (Lipinski definition) is 0. The topological polar surface area (TPSA) is 54.5 Å². The zero-order valence-electron chi connectivity index (χ0n) is 17.1. The van der Waals surface area contributed by atoms with Crippen molar-refractivity contribution in [3.8, 4) is 0 Å². The molecule has 1 fully saturated rings. The van der Waals surface area contributed by atoms with Gasteiger partial charge in [0, 0.05) is 0 Å². The number of benzene rings is 2. The number of carbonyl (C=O) groups excluding carboxylic acids is 1. The summed E-state index contributed by atoms with van der Waals surface area (Å²) in [5, 5.41) is 0. The van der Waals surface area contributed by atoms with Crippen LogP contribution in [0.15, 0.2) is 53.4 Å². The molecule has 1 aliphatic carbocycles. The molecule has 2 aliphatic rings. The Labute approximate surface area is 179 Å². The first kappa shape index (κ1) is 20.6. The summed E-state index contributed by atoms with van der Waals surface area (Å²) in [7, 11) is -3.75. The third kappa shape index (κ3) is 3.78. The molecule has 29 heavy (non-hydrogen) atoms. The van der Waals surface area contributed by atoms with E-state index in [0.717, 1.165) is 25.7 Å². The van der Waals surface area contributed by atoms with Crippen LogP contribution in [0.25, 0.3) is 0 Å². The molecular formula is C23H27NO3SSe. The van der Waals surface area contributed by atoms with Crippen LogP contribution < -0.4 is 4.46 Å². The van der Waals surface area contributed by atoms with Crippen LogP contribution in [0.5, 0.6) is 0 Å². The molecule has 1 saturated carbocycles. The maximum absolute atomic E-state index is 13.2. The molecule has 2 aromatic rings. The molecule has 2 unspecified atom stereocenters. The molecule has 1 amide bonds. The zero-order chi connectivity index (χ0) is 20.8. The maximum atomic E-state index is 13.2. The third-order valence-corrected chi connectivity index (χ3v) is 10.6. The van der Waals surface area contributed by atoms with Crippen molar-refractivity contribution >= 4 is 35.3 Å². The van der Waals surface area contributed by atoms with Gasteiger partial charge in [-0.2, -0.15) is 0 Å². The normalized spacial score (nSPS) is 23.8. The molecule has 6 heteroatoms. The van der Waals surface area contributed by atoms with Gasteiger partial charge >= 0.3 is 180 Å². The summed E-state index contributed by atoms with van der Waals surface area (Å²) in [4.78, 5) is 13.4. The van der Waals surface area contributed by atoms with Gasteiger partial charge < -0.3 is 0 Å². The van der Waals surface area contributed by atoms with Crippen molar-refractivity contribution in [2.45, 2.75) is 67.6 Å². The quantitative estimate of drug-likeness (QED) is 0.632. The second kappa shape index (κ2) is 7.57. The van der Waals surface area contributed by atoms with Gasteiger partial charge in [0.2, 0.25) is 0 Å². The summed E-state index contributed by atoms with van der Waals surface area (Å²) in [6, 6.07) is 15.1. The van der Waals surface area contributed by atoms with Gasteiger partial charge in [-0.15, -0.1) is 0 Å². The van der Waals surface area contributed by atoms with Crippen LogP contribution in [-0.2, 0) is 15.4 Å². The van der Waals surface area contributed by atoms with Crippen LogP contribution >= 0.6 is 0 Å². The summed E-state index contributed by atoms with van der Waals surface area (Å²) in [6.07, 6.45) is 3.79. The minimum atomic E-state index is -3.75. The molecule has 0 N–H and O–H groups in total. The van der Waals surface area contributed by atoms with Gasteiger partial charge in [-0.05, 0) is 0 Å². The fraction of sp³-hybridized carbons (Fsp3) is 0.435. The number of hydrogen-bond acceptors (Lipinski definition) is 3. The molecule has 0 radical (unpaired) electrons. The van der Waals surface area contributed by atoms with E-state index in [0.29, 0.717) is 5.56 Å². The average molecular weight is 477 g/mol. The van der Waals surface area contributed by atoms with Crippen molar-refractivity contribution in [3.05, 3.63) is 59.7 Å². The summed E-state index contributed by atoms with van der Waals surface area (Å²) >= 11 is 0.117. The van der Waals surface area contributed by atoms with E-state index >= 15 is 0 Å². The van der Waals surface area contributed by atoms with Crippen molar-refractivity contribution in [2.24, 2.45) is 0 Å². The van der Waals surface area contributed by atoms with E-state index in [9.17, 15) is 13.2 Å². The predicted octanol–water partition coefficient (Wildman–Crippen LogP) is 3.89. The Morgan fingerprint density at radius 3 is 2.28 bits per heavy atom. The second-order valence-corrected chi connectivity index (χ2v) is 13.4. The Morgan fingerprint density at radius 1 is 0.966 bits per heavy atom. The fourth-order valence-electron chi connectivity index (χ4n) is 4.22. The first-order chi connectivity index (χ1) is 13.7. The second-order valence-electron chi connectivity index (χ2n) is 8.88. The standard InChI is InChI=1S/C23H27NO3SSe/c1-23(2,3)16-12-14-17(15-13-16)29-21-11-7-5-9-19(21)24-22(25)18-8-4-6-10-20(18)28(24,26)27/h4,6,8,10,12-15,19,21H,5,7,9,11H2,1-3H3. The fourth-order valence-corrected chi connectivity index (χ4v) is 9.03.